The molecule has 0 radical (unpaired) electrons. The summed E-state index contributed by atoms with van der Waals surface area (Å²) >= 11 is 0. The first-order chi connectivity index (χ1) is 11.7. The fourth-order valence-electron chi connectivity index (χ4n) is 3.81. The summed E-state index contributed by atoms with van der Waals surface area (Å²) in [6, 6.07) is 3.78. The molecule has 0 aromatic carbocycles. The summed E-state index contributed by atoms with van der Waals surface area (Å²) in [6.45, 7) is 1.79. The highest BCUT2D eigenvalue weighted by Crippen LogP contribution is 2.28. The van der Waals surface area contributed by atoms with Crippen LogP contribution in [0.25, 0.3) is 0 Å². The van der Waals surface area contributed by atoms with Crippen molar-refractivity contribution in [3.05, 3.63) is 42.2 Å². The van der Waals surface area contributed by atoms with Gasteiger partial charge in [-0.2, -0.15) is 0 Å². The highest BCUT2D eigenvalue weighted by atomic mass is 16.5. The van der Waals surface area contributed by atoms with E-state index in [4.69, 9.17) is 4.74 Å². The van der Waals surface area contributed by atoms with E-state index < -0.39 is 0 Å². The van der Waals surface area contributed by atoms with Crippen LogP contribution in [-0.4, -0.2) is 58.4 Å². The van der Waals surface area contributed by atoms with Gasteiger partial charge in [-0.3, -0.25) is 14.6 Å². The van der Waals surface area contributed by atoms with Crippen LogP contribution in [-0.2, 0) is 20.9 Å². The summed E-state index contributed by atoms with van der Waals surface area (Å²) in [6.07, 6.45) is 9.17. The first kappa shape index (κ1) is 15.3. The van der Waals surface area contributed by atoms with Crippen molar-refractivity contribution in [1.29, 1.82) is 0 Å². The van der Waals surface area contributed by atoms with E-state index in [9.17, 15) is 9.59 Å². The second-order valence-electron chi connectivity index (χ2n) is 6.68. The maximum absolute atomic E-state index is 12.7. The zero-order valence-electron chi connectivity index (χ0n) is 13.5. The third-order valence-electron chi connectivity index (χ3n) is 5.15. The van der Waals surface area contributed by atoms with Crippen LogP contribution in [0.1, 0.15) is 18.4 Å². The standard InChI is InChI=1S/C18H21N3O3/c22-17-12-24-16-11-20(18(23)14-3-1-2-4-14)10-15(16)21(17)9-13-5-7-19-8-6-13/h1-2,5-8,14-16H,3-4,9-12H2/t15-,16-/m1/s1. The summed E-state index contributed by atoms with van der Waals surface area (Å²) in [5, 5.41) is 0. The van der Waals surface area contributed by atoms with Crippen LogP contribution in [0.3, 0.4) is 0 Å². The molecule has 2 amide bonds. The van der Waals surface area contributed by atoms with Gasteiger partial charge in [-0.1, -0.05) is 12.2 Å². The van der Waals surface area contributed by atoms with Crippen molar-refractivity contribution in [2.45, 2.75) is 31.5 Å². The Labute approximate surface area is 141 Å². The molecule has 126 valence electrons. The van der Waals surface area contributed by atoms with Crippen molar-refractivity contribution in [2.24, 2.45) is 5.92 Å². The molecule has 3 heterocycles. The van der Waals surface area contributed by atoms with Gasteiger partial charge in [-0.15, -0.1) is 0 Å². The minimum Gasteiger partial charge on any atom is -0.364 e. The summed E-state index contributed by atoms with van der Waals surface area (Å²) < 4.78 is 5.71. The van der Waals surface area contributed by atoms with Crippen LogP contribution in [0, 0.1) is 5.92 Å². The van der Waals surface area contributed by atoms with E-state index in [0.717, 1.165) is 18.4 Å². The number of fused-ring (bicyclic) bond motifs is 1. The van der Waals surface area contributed by atoms with Gasteiger partial charge < -0.3 is 14.5 Å². The SMILES string of the molecule is O=C(C1CC=CC1)N1C[C@@H]2[C@@H](C1)OCC(=O)N2Cc1ccncc1. The van der Waals surface area contributed by atoms with E-state index in [2.05, 4.69) is 17.1 Å². The molecule has 0 N–H and O–H groups in total. The van der Waals surface area contributed by atoms with Gasteiger partial charge >= 0.3 is 0 Å². The normalized spacial score (nSPS) is 26.9. The molecule has 2 fully saturated rings. The smallest absolute Gasteiger partial charge is 0.249 e. The summed E-state index contributed by atoms with van der Waals surface area (Å²) in [4.78, 5) is 32.8. The maximum atomic E-state index is 12.7. The lowest BCUT2D eigenvalue weighted by Gasteiger charge is -2.36. The lowest BCUT2D eigenvalue weighted by molar-refractivity contribution is -0.153. The van der Waals surface area contributed by atoms with Crippen LogP contribution in [0.4, 0.5) is 0 Å². The van der Waals surface area contributed by atoms with Crippen molar-refractivity contribution in [2.75, 3.05) is 19.7 Å². The quantitative estimate of drug-likeness (QED) is 0.777. The highest BCUT2D eigenvalue weighted by molar-refractivity contribution is 5.81. The van der Waals surface area contributed by atoms with Crippen LogP contribution in [0.2, 0.25) is 0 Å². The third-order valence-corrected chi connectivity index (χ3v) is 5.15. The van der Waals surface area contributed by atoms with E-state index in [1.807, 2.05) is 21.9 Å². The van der Waals surface area contributed by atoms with Crippen molar-refractivity contribution in [3.8, 4) is 0 Å². The van der Waals surface area contributed by atoms with E-state index in [1.54, 1.807) is 12.4 Å². The van der Waals surface area contributed by atoms with Crippen LogP contribution in [0.15, 0.2) is 36.7 Å². The number of carbonyl (C=O) groups is 2. The molecule has 1 aromatic heterocycles. The molecule has 24 heavy (non-hydrogen) atoms. The number of ether oxygens (including phenoxy) is 1. The van der Waals surface area contributed by atoms with Crippen molar-refractivity contribution in [3.63, 3.8) is 0 Å². The Hall–Kier alpha value is -2.21. The Kier molecular flexibility index (Phi) is 4.06. The number of rotatable bonds is 3. The van der Waals surface area contributed by atoms with Crippen LogP contribution >= 0.6 is 0 Å². The number of nitrogens with zero attached hydrogens (tertiary/aromatic N) is 3. The predicted molar refractivity (Wildman–Crippen MR) is 86.8 cm³/mol. The number of pyridine rings is 1. The maximum Gasteiger partial charge on any atom is 0.249 e. The Morgan fingerprint density at radius 1 is 1.21 bits per heavy atom. The zero-order chi connectivity index (χ0) is 16.5. The molecule has 3 aliphatic rings. The van der Waals surface area contributed by atoms with Gasteiger partial charge in [0.25, 0.3) is 0 Å². The monoisotopic (exact) mass is 327 g/mol. The summed E-state index contributed by atoms with van der Waals surface area (Å²) in [5.74, 6) is 0.244. The van der Waals surface area contributed by atoms with Crippen molar-refractivity contribution in [1.82, 2.24) is 14.8 Å². The van der Waals surface area contributed by atoms with Crippen LogP contribution < -0.4 is 0 Å². The lowest BCUT2D eigenvalue weighted by Crippen LogP contribution is -2.53. The lowest BCUT2D eigenvalue weighted by atomic mass is 10.1. The second kappa shape index (κ2) is 6.36. The molecule has 6 heteroatoms. The number of morpholine rings is 1. The Morgan fingerprint density at radius 2 is 1.96 bits per heavy atom. The topological polar surface area (TPSA) is 62.7 Å². The fraction of sp³-hybridized carbons (Fsp3) is 0.500. The highest BCUT2D eigenvalue weighted by Gasteiger charge is 2.45. The molecule has 0 saturated carbocycles. The minimum absolute atomic E-state index is 0.00936. The molecule has 2 aliphatic heterocycles. The molecule has 1 aliphatic carbocycles. The average molecular weight is 327 g/mol. The molecule has 0 bridgehead atoms. The van der Waals surface area contributed by atoms with Crippen molar-refractivity contribution >= 4 is 11.8 Å². The van der Waals surface area contributed by atoms with E-state index in [1.165, 1.54) is 0 Å². The molecule has 0 unspecified atom stereocenters. The molecule has 4 rings (SSSR count). The Morgan fingerprint density at radius 3 is 2.71 bits per heavy atom. The van der Waals surface area contributed by atoms with E-state index in [-0.39, 0.29) is 36.5 Å². The summed E-state index contributed by atoms with van der Waals surface area (Å²) in [5.41, 5.74) is 1.05. The molecule has 2 atom stereocenters. The van der Waals surface area contributed by atoms with Gasteiger partial charge in [0.2, 0.25) is 11.8 Å². The molecule has 0 spiro atoms. The fourth-order valence-corrected chi connectivity index (χ4v) is 3.81. The van der Waals surface area contributed by atoms with E-state index >= 15 is 0 Å². The van der Waals surface area contributed by atoms with Crippen molar-refractivity contribution < 1.29 is 14.3 Å². The Bertz CT molecular complexity index is 653. The Balaban J connectivity index is 1.47. The number of hydrogen-bond acceptors (Lipinski definition) is 4. The second-order valence-corrected chi connectivity index (χ2v) is 6.68. The van der Waals surface area contributed by atoms with Gasteiger partial charge in [0.15, 0.2) is 0 Å². The summed E-state index contributed by atoms with van der Waals surface area (Å²) in [7, 11) is 0. The van der Waals surface area contributed by atoms with Gasteiger partial charge in [-0.05, 0) is 30.5 Å². The van der Waals surface area contributed by atoms with Gasteiger partial charge in [-0.25, -0.2) is 0 Å². The molecule has 1 aromatic rings. The predicted octanol–water partition coefficient (Wildman–Crippen LogP) is 0.986. The molecular weight excluding hydrogens is 306 g/mol. The number of aromatic nitrogens is 1. The minimum atomic E-state index is -0.0807. The first-order valence-corrected chi connectivity index (χ1v) is 8.46. The largest absolute Gasteiger partial charge is 0.364 e. The number of likely N-dealkylation sites (tertiary alicyclic amines) is 1. The average Bonchev–Trinajstić information content (AvgIpc) is 3.27. The molecule has 6 nitrogen and oxygen atoms in total. The van der Waals surface area contributed by atoms with Crippen LogP contribution in [0.5, 0.6) is 0 Å². The number of amides is 2. The molecular formula is C18H21N3O3. The number of allylic oxidation sites excluding steroid dienone is 2. The van der Waals surface area contributed by atoms with Gasteiger partial charge in [0.1, 0.15) is 6.61 Å². The van der Waals surface area contributed by atoms with E-state index in [0.29, 0.717) is 19.6 Å². The van der Waals surface area contributed by atoms with Gasteiger partial charge in [0, 0.05) is 37.9 Å². The van der Waals surface area contributed by atoms with Gasteiger partial charge in [0.05, 0.1) is 12.1 Å². The zero-order valence-corrected chi connectivity index (χ0v) is 13.5. The number of hydrogen-bond donors (Lipinski definition) is 0. The molecule has 2 saturated heterocycles. The first-order valence-electron chi connectivity index (χ1n) is 8.46. The third kappa shape index (κ3) is 2.82. The number of carbonyl (C=O) groups excluding carboxylic acids is 2.